The summed E-state index contributed by atoms with van der Waals surface area (Å²) < 4.78 is 9.73. The minimum atomic E-state index is -0.142. The third-order valence-corrected chi connectivity index (χ3v) is 2.63. The third kappa shape index (κ3) is 6.15. The van der Waals surface area contributed by atoms with Crippen molar-refractivity contribution >= 4 is 5.97 Å². The first-order valence-electron chi connectivity index (χ1n) is 5.28. The van der Waals surface area contributed by atoms with Crippen LogP contribution < -0.4 is 0 Å². The van der Waals surface area contributed by atoms with Gasteiger partial charge >= 0.3 is 5.97 Å². The Hall–Kier alpha value is -0.990. The molecule has 0 amide bonds. The molecule has 0 heterocycles. The molecule has 88 valence electrons. The summed E-state index contributed by atoms with van der Waals surface area (Å²) in [5.74, 6) is 1.54. The molecule has 0 bridgehead atoms. The number of carbonyl (C=O) groups is 1. The van der Waals surface area contributed by atoms with Crippen molar-refractivity contribution in [2.24, 2.45) is 11.8 Å². The molecule has 0 aromatic heterocycles. The molecule has 0 aliphatic rings. The molecule has 1 atom stereocenters. The molecule has 0 unspecified atom stereocenters. The van der Waals surface area contributed by atoms with Gasteiger partial charge in [-0.25, -0.2) is 0 Å². The monoisotopic (exact) mass is 214 g/mol. The lowest BCUT2D eigenvalue weighted by atomic mass is 9.89. The first-order chi connectivity index (χ1) is 7.01. The molecule has 0 aliphatic carbocycles. The van der Waals surface area contributed by atoms with E-state index in [4.69, 9.17) is 4.74 Å². The summed E-state index contributed by atoms with van der Waals surface area (Å²) in [5.41, 5.74) is 0. The van der Waals surface area contributed by atoms with Crippen molar-refractivity contribution in [3.8, 4) is 0 Å². The van der Waals surface area contributed by atoms with E-state index in [0.29, 0.717) is 18.3 Å². The molecule has 0 radical (unpaired) electrons. The van der Waals surface area contributed by atoms with Crippen LogP contribution in [-0.2, 0) is 14.3 Å². The Morgan fingerprint density at radius 2 is 1.87 bits per heavy atom. The van der Waals surface area contributed by atoms with E-state index in [2.05, 4.69) is 18.6 Å². The van der Waals surface area contributed by atoms with Crippen LogP contribution in [0.5, 0.6) is 0 Å². The molecule has 0 aliphatic heterocycles. The molecule has 3 heteroatoms. The Balaban J connectivity index is 4.23. The second-order valence-corrected chi connectivity index (χ2v) is 4.04. The van der Waals surface area contributed by atoms with Crippen LogP contribution in [-0.4, -0.2) is 20.2 Å². The van der Waals surface area contributed by atoms with Crippen LogP contribution in [0.4, 0.5) is 0 Å². The first-order valence-corrected chi connectivity index (χ1v) is 5.28. The van der Waals surface area contributed by atoms with Crippen LogP contribution in [0.2, 0.25) is 0 Å². The Morgan fingerprint density at radius 1 is 1.27 bits per heavy atom. The van der Waals surface area contributed by atoms with E-state index in [9.17, 15) is 4.79 Å². The van der Waals surface area contributed by atoms with Crippen molar-refractivity contribution in [3.63, 3.8) is 0 Å². The van der Waals surface area contributed by atoms with E-state index < -0.39 is 0 Å². The van der Waals surface area contributed by atoms with Crippen LogP contribution in [0, 0.1) is 11.8 Å². The number of allylic oxidation sites excluding steroid dienone is 2. The lowest BCUT2D eigenvalue weighted by molar-refractivity contribution is -0.142. The van der Waals surface area contributed by atoms with Crippen LogP contribution in [0.3, 0.4) is 0 Å². The lowest BCUT2D eigenvalue weighted by Crippen LogP contribution is -2.14. The van der Waals surface area contributed by atoms with E-state index in [-0.39, 0.29) is 5.97 Å². The topological polar surface area (TPSA) is 35.5 Å². The SMILES string of the molecule is COC(=O)C[C@H](C/C=C(/C)OC)C(C)C. The molecule has 0 spiro atoms. The standard InChI is InChI=1S/C12H22O3/c1-9(2)11(8-12(13)15-5)7-6-10(3)14-4/h6,9,11H,7-8H2,1-5H3/b10-6-/t11-/m0/s1. The van der Waals surface area contributed by atoms with E-state index in [0.717, 1.165) is 12.2 Å². The first kappa shape index (κ1) is 14.0. The van der Waals surface area contributed by atoms with Crippen molar-refractivity contribution in [1.29, 1.82) is 0 Å². The summed E-state index contributed by atoms with van der Waals surface area (Å²) in [4.78, 5) is 11.2. The fourth-order valence-electron chi connectivity index (χ4n) is 1.29. The maximum atomic E-state index is 11.2. The van der Waals surface area contributed by atoms with Gasteiger partial charge in [-0.2, -0.15) is 0 Å². The van der Waals surface area contributed by atoms with Crippen molar-refractivity contribution in [3.05, 3.63) is 11.8 Å². The highest BCUT2D eigenvalue weighted by Crippen LogP contribution is 2.21. The Bertz CT molecular complexity index is 219. The predicted molar refractivity (Wildman–Crippen MR) is 60.3 cm³/mol. The largest absolute Gasteiger partial charge is 0.502 e. The van der Waals surface area contributed by atoms with Crippen molar-refractivity contribution < 1.29 is 14.3 Å². The number of esters is 1. The highest BCUT2D eigenvalue weighted by atomic mass is 16.5. The number of hydrogen-bond acceptors (Lipinski definition) is 3. The van der Waals surface area contributed by atoms with Crippen LogP contribution in [0.15, 0.2) is 11.8 Å². The average Bonchev–Trinajstić information content (AvgIpc) is 2.22. The second-order valence-electron chi connectivity index (χ2n) is 4.04. The van der Waals surface area contributed by atoms with Crippen molar-refractivity contribution in [2.45, 2.75) is 33.6 Å². The maximum Gasteiger partial charge on any atom is 0.305 e. The molecule has 0 saturated heterocycles. The molecule has 0 N–H and O–H groups in total. The molecule has 0 saturated carbocycles. The number of rotatable bonds is 6. The van der Waals surface area contributed by atoms with Crippen molar-refractivity contribution in [2.75, 3.05) is 14.2 Å². The fraction of sp³-hybridized carbons (Fsp3) is 0.750. The molecule has 0 aromatic rings. The van der Waals surface area contributed by atoms with Gasteiger partial charge in [0.15, 0.2) is 0 Å². The summed E-state index contributed by atoms with van der Waals surface area (Å²) in [6, 6.07) is 0. The van der Waals surface area contributed by atoms with Gasteiger partial charge in [-0.15, -0.1) is 0 Å². The smallest absolute Gasteiger partial charge is 0.305 e. The minimum Gasteiger partial charge on any atom is -0.502 e. The summed E-state index contributed by atoms with van der Waals surface area (Å²) >= 11 is 0. The van der Waals surface area contributed by atoms with Gasteiger partial charge in [0.25, 0.3) is 0 Å². The normalized spacial score (nSPS) is 13.9. The van der Waals surface area contributed by atoms with Gasteiger partial charge in [-0.3, -0.25) is 4.79 Å². The molecular formula is C12H22O3. The van der Waals surface area contributed by atoms with Gasteiger partial charge in [-0.1, -0.05) is 13.8 Å². The Labute approximate surface area is 92.5 Å². The minimum absolute atomic E-state index is 0.142. The molecular weight excluding hydrogens is 192 g/mol. The van der Waals surface area contributed by atoms with E-state index >= 15 is 0 Å². The number of hydrogen-bond donors (Lipinski definition) is 0. The second kappa shape index (κ2) is 7.32. The number of methoxy groups -OCH3 is 2. The highest BCUT2D eigenvalue weighted by molar-refractivity contribution is 5.69. The fourth-order valence-corrected chi connectivity index (χ4v) is 1.29. The van der Waals surface area contributed by atoms with Gasteiger partial charge in [0.1, 0.15) is 0 Å². The van der Waals surface area contributed by atoms with Gasteiger partial charge in [0.05, 0.1) is 20.0 Å². The highest BCUT2D eigenvalue weighted by Gasteiger charge is 2.16. The molecule has 15 heavy (non-hydrogen) atoms. The zero-order chi connectivity index (χ0) is 11.8. The van der Waals surface area contributed by atoms with Gasteiger partial charge in [0, 0.05) is 6.42 Å². The van der Waals surface area contributed by atoms with E-state index in [1.54, 1.807) is 7.11 Å². The van der Waals surface area contributed by atoms with E-state index in [1.165, 1.54) is 7.11 Å². The van der Waals surface area contributed by atoms with E-state index in [1.807, 2.05) is 13.0 Å². The third-order valence-electron chi connectivity index (χ3n) is 2.63. The van der Waals surface area contributed by atoms with Crippen molar-refractivity contribution in [1.82, 2.24) is 0 Å². The van der Waals surface area contributed by atoms with Crippen LogP contribution in [0.25, 0.3) is 0 Å². The number of carbonyl (C=O) groups excluding carboxylic acids is 1. The Morgan fingerprint density at radius 3 is 2.27 bits per heavy atom. The van der Waals surface area contributed by atoms with Crippen LogP contribution >= 0.6 is 0 Å². The van der Waals surface area contributed by atoms with Crippen LogP contribution in [0.1, 0.15) is 33.6 Å². The average molecular weight is 214 g/mol. The quantitative estimate of drug-likeness (QED) is 0.504. The molecule has 0 rings (SSSR count). The summed E-state index contributed by atoms with van der Waals surface area (Å²) in [7, 11) is 3.08. The molecule has 0 fully saturated rings. The van der Waals surface area contributed by atoms with Gasteiger partial charge in [-0.05, 0) is 31.3 Å². The molecule has 0 aromatic carbocycles. The zero-order valence-electron chi connectivity index (χ0n) is 10.4. The Kier molecular flexibility index (Phi) is 6.84. The summed E-state index contributed by atoms with van der Waals surface area (Å²) in [5, 5.41) is 0. The summed E-state index contributed by atoms with van der Waals surface area (Å²) in [6.45, 7) is 6.14. The van der Waals surface area contributed by atoms with Gasteiger partial charge < -0.3 is 9.47 Å². The zero-order valence-corrected chi connectivity index (χ0v) is 10.4. The predicted octanol–water partition coefficient (Wildman–Crippen LogP) is 2.76. The number of ether oxygens (including phenoxy) is 2. The lowest BCUT2D eigenvalue weighted by Gasteiger charge is -2.17. The summed E-state index contributed by atoms with van der Waals surface area (Å²) in [6.07, 6.45) is 3.35. The van der Waals surface area contributed by atoms with Gasteiger partial charge in [0.2, 0.25) is 0 Å². The molecule has 3 nitrogen and oxygen atoms in total. The maximum absolute atomic E-state index is 11.2.